The third-order valence-corrected chi connectivity index (χ3v) is 5.77. The smallest absolute Gasteiger partial charge is 0.223 e. The molecule has 1 aliphatic carbocycles. The minimum atomic E-state index is -0.269. The normalized spacial score (nSPS) is 16.1. The summed E-state index contributed by atoms with van der Waals surface area (Å²) in [5.41, 5.74) is 3.02. The van der Waals surface area contributed by atoms with Gasteiger partial charge >= 0.3 is 0 Å². The number of amides is 1. The summed E-state index contributed by atoms with van der Waals surface area (Å²) in [6, 6.07) is 10.1. The number of hydrogen-bond donors (Lipinski definition) is 1. The average Bonchev–Trinajstić information content (AvgIpc) is 3.11. The molecule has 0 spiro atoms. The number of carbonyl (C=O) groups excluding carboxylic acids is 1. The Morgan fingerprint density at radius 3 is 2.88 bits per heavy atom. The van der Waals surface area contributed by atoms with Gasteiger partial charge in [-0.2, -0.15) is 0 Å². The first-order valence-electron chi connectivity index (χ1n) is 8.60. The van der Waals surface area contributed by atoms with Gasteiger partial charge in [0.05, 0.1) is 5.69 Å². The maximum absolute atomic E-state index is 12.9. The Kier molecular flexibility index (Phi) is 4.75. The molecule has 0 saturated heterocycles. The van der Waals surface area contributed by atoms with Gasteiger partial charge in [-0.25, -0.2) is 9.37 Å². The highest BCUT2D eigenvalue weighted by Gasteiger charge is 2.27. The molecule has 1 aromatic carbocycles. The molecule has 1 unspecified atom stereocenters. The van der Waals surface area contributed by atoms with Crippen LogP contribution in [0.25, 0.3) is 10.6 Å². The number of rotatable bonds is 4. The summed E-state index contributed by atoms with van der Waals surface area (Å²) in [5, 5.41) is 3.94. The van der Waals surface area contributed by atoms with Crippen LogP contribution in [-0.2, 0) is 24.2 Å². The summed E-state index contributed by atoms with van der Waals surface area (Å²) >= 11 is 1.65. The maximum Gasteiger partial charge on any atom is 0.223 e. The van der Waals surface area contributed by atoms with Crippen LogP contribution >= 0.6 is 11.3 Å². The molecule has 1 aliphatic rings. The number of nitrogens with one attached hydrogen (secondary N) is 1. The number of fused-ring (bicyclic) bond motifs is 1. The van der Waals surface area contributed by atoms with Gasteiger partial charge in [0.1, 0.15) is 10.8 Å². The fourth-order valence-electron chi connectivity index (χ4n) is 3.15. The Labute approximate surface area is 155 Å². The highest BCUT2D eigenvalue weighted by molar-refractivity contribution is 7.15. The van der Waals surface area contributed by atoms with Gasteiger partial charge in [0.2, 0.25) is 5.91 Å². The van der Waals surface area contributed by atoms with Gasteiger partial charge in [-0.05, 0) is 49.1 Å². The van der Waals surface area contributed by atoms with Crippen molar-refractivity contribution in [1.82, 2.24) is 15.3 Å². The van der Waals surface area contributed by atoms with E-state index in [-0.39, 0.29) is 17.6 Å². The second kappa shape index (κ2) is 7.33. The molecule has 2 aromatic heterocycles. The zero-order valence-corrected chi connectivity index (χ0v) is 14.9. The van der Waals surface area contributed by atoms with Crippen molar-refractivity contribution < 1.29 is 9.18 Å². The number of thiazole rings is 1. The van der Waals surface area contributed by atoms with Crippen LogP contribution in [0.3, 0.4) is 0 Å². The molecule has 132 valence electrons. The summed E-state index contributed by atoms with van der Waals surface area (Å²) < 4.78 is 12.9. The first-order valence-corrected chi connectivity index (χ1v) is 9.42. The molecule has 1 atom stereocenters. The van der Waals surface area contributed by atoms with Crippen molar-refractivity contribution in [3.63, 3.8) is 0 Å². The van der Waals surface area contributed by atoms with Crippen molar-refractivity contribution in [2.75, 3.05) is 0 Å². The van der Waals surface area contributed by atoms with Gasteiger partial charge in [-0.15, -0.1) is 11.3 Å². The molecule has 26 heavy (non-hydrogen) atoms. The third-order valence-electron chi connectivity index (χ3n) is 4.60. The van der Waals surface area contributed by atoms with Crippen molar-refractivity contribution in [3.8, 4) is 10.6 Å². The van der Waals surface area contributed by atoms with E-state index in [0.29, 0.717) is 6.54 Å². The lowest BCUT2D eigenvalue weighted by Crippen LogP contribution is -2.33. The summed E-state index contributed by atoms with van der Waals surface area (Å²) in [5.74, 6) is -0.254. The van der Waals surface area contributed by atoms with Crippen LogP contribution in [0.15, 0.2) is 48.8 Å². The number of aryl methyl sites for hydroxylation is 1. The Bertz CT molecular complexity index is 909. The van der Waals surface area contributed by atoms with Gasteiger partial charge in [-0.3, -0.25) is 9.78 Å². The van der Waals surface area contributed by atoms with Crippen LogP contribution in [0.4, 0.5) is 4.39 Å². The first-order chi connectivity index (χ1) is 12.7. The van der Waals surface area contributed by atoms with Crippen LogP contribution in [-0.4, -0.2) is 15.9 Å². The molecule has 0 saturated carbocycles. The molecule has 1 N–H and O–H groups in total. The molecular weight excluding hydrogens is 349 g/mol. The zero-order valence-electron chi connectivity index (χ0n) is 14.1. The molecule has 6 heteroatoms. The van der Waals surface area contributed by atoms with Crippen LogP contribution < -0.4 is 5.32 Å². The van der Waals surface area contributed by atoms with Crippen molar-refractivity contribution in [2.24, 2.45) is 5.92 Å². The van der Waals surface area contributed by atoms with Crippen LogP contribution in [0.1, 0.15) is 22.6 Å². The highest BCUT2D eigenvalue weighted by Crippen LogP contribution is 2.34. The number of aromatic nitrogens is 2. The minimum Gasteiger partial charge on any atom is -0.352 e. The predicted octanol–water partition coefficient (Wildman–Crippen LogP) is 3.77. The third kappa shape index (κ3) is 3.65. The van der Waals surface area contributed by atoms with Crippen LogP contribution in [0, 0.1) is 11.7 Å². The molecule has 0 radical (unpaired) electrons. The lowest BCUT2D eigenvalue weighted by Gasteiger charge is -2.20. The first kappa shape index (κ1) is 16.8. The molecule has 0 fully saturated rings. The SMILES string of the molecule is O=C(NCc1ccc(F)cc1)C1CCc2nc(-c3cccnc3)sc2C1. The standard InChI is InChI=1S/C20H18FN3OS/c21-16-6-3-13(4-7-16)11-23-19(25)14-5-8-17-18(10-14)26-20(24-17)15-2-1-9-22-12-15/h1-4,6-7,9,12,14H,5,8,10-11H2,(H,23,25). The number of pyridine rings is 1. The van der Waals surface area contributed by atoms with E-state index in [2.05, 4.69) is 10.3 Å². The number of halogens is 1. The Balaban J connectivity index is 1.40. The predicted molar refractivity (Wildman–Crippen MR) is 99.1 cm³/mol. The monoisotopic (exact) mass is 367 g/mol. The van der Waals surface area contributed by atoms with Crippen molar-refractivity contribution in [3.05, 3.63) is 70.7 Å². The van der Waals surface area contributed by atoms with Crippen molar-refractivity contribution in [1.29, 1.82) is 0 Å². The molecule has 4 nitrogen and oxygen atoms in total. The largest absolute Gasteiger partial charge is 0.352 e. The molecule has 1 amide bonds. The van der Waals surface area contributed by atoms with E-state index in [4.69, 9.17) is 4.98 Å². The topological polar surface area (TPSA) is 54.9 Å². The van der Waals surface area contributed by atoms with Gasteiger partial charge in [0, 0.05) is 35.3 Å². The second-order valence-electron chi connectivity index (χ2n) is 6.41. The number of nitrogens with zero attached hydrogens (tertiary/aromatic N) is 2. The van der Waals surface area contributed by atoms with E-state index in [1.54, 1.807) is 29.7 Å². The summed E-state index contributed by atoms with van der Waals surface area (Å²) in [4.78, 5) is 22.6. The van der Waals surface area contributed by atoms with E-state index in [1.807, 2.05) is 18.3 Å². The van der Waals surface area contributed by atoms with E-state index < -0.39 is 0 Å². The minimum absolute atomic E-state index is 0.0369. The lowest BCUT2D eigenvalue weighted by atomic mass is 9.90. The van der Waals surface area contributed by atoms with Crippen LogP contribution in [0.5, 0.6) is 0 Å². The molecular formula is C20H18FN3OS. The van der Waals surface area contributed by atoms with E-state index in [1.165, 1.54) is 17.0 Å². The molecule has 0 bridgehead atoms. The Hall–Kier alpha value is -2.60. The van der Waals surface area contributed by atoms with Gasteiger partial charge in [-0.1, -0.05) is 12.1 Å². The number of carbonyl (C=O) groups is 1. The number of benzene rings is 1. The fourth-order valence-corrected chi connectivity index (χ4v) is 4.33. The second-order valence-corrected chi connectivity index (χ2v) is 7.50. The molecule has 3 aromatic rings. The van der Waals surface area contributed by atoms with E-state index in [9.17, 15) is 9.18 Å². The molecule has 2 heterocycles. The average molecular weight is 367 g/mol. The summed E-state index contributed by atoms with van der Waals surface area (Å²) in [6.07, 6.45) is 5.91. The quantitative estimate of drug-likeness (QED) is 0.764. The van der Waals surface area contributed by atoms with E-state index in [0.717, 1.165) is 41.1 Å². The summed E-state index contributed by atoms with van der Waals surface area (Å²) in [7, 11) is 0. The van der Waals surface area contributed by atoms with Gasteiger partial charge in [0.25, 0.3) is 0 Å². The number of hydrogen-bond acceptors (Lipinski definition) is 4. The Morgan fingerprint density at radius 1 is 1.27 bits per heavy atom. The van der Waals surface area contributed by atoms with Crippen molar-refractivity contribution in [2.45, 2.75) is 25.8 Å². The van der Waals surface area contributed by atoms with E-state index >= 15 is 0 Å². The van der Waals surface area contributed by atoms with Gasteiger partial charge in [0.15, 0.2) is 0 Å². The van der Waals surface area contributed by atoms with Crippen molar-refractivity contribution >= 4 is 17.2 Å². The maximum atomic E-state index is 12.9. The zero-order chi connectivity index (χ0) is 17.9. The lowest BCUT2D eigenvalue weighted by molar-refractivity contribution is -0.125. The Morgan fingerprint density at radius 2 is 2.12 bits per heavy atom. The fraction of sp³-hybridized carbons (Fsp3) is 0.250. The van der Waals surface area contributed by atoms with Gasteiger partial charge < -0.3 is 5.32 Å². The molecule has 0 aliphatic heterocycles. The highest BCUT2D eigenvalue weighted by atomic mass is 32.1. The summed E-state index contributed by atoms with van der Waals surface area (Å²) in [6.45, 7) is 0.423. The van der Waals surface area contributed by atoms with Crippen LogP contribution in [0.2, 0.25) is 0 Å². The molecule has 4 rings (SSSR count).